The minimum absolute atomic E-state index is 0.0508. The fraction of sp³-hybridized carbons (Fsp3) is 0.0968. The molecule has 0 aliphatic rings. The van der Waals surface area contributed by atoms with Crippen molar-refractivity contribution in [2.45, 2.75) is 11.8 Å². The van der Waals surface area contributed by atoms with E-state index in [1.54, 1.807) is 91.9 Å². The van der Waals surface area contributed by atoms with Crippen LogP contribution in [0.3, 0.4) is 0 Å². The first-order valence-corrected chi connectivity index (χ1v) is 13.8. The Kier molecular flexibility index (Phi) is 12.4. The molecule has 0 bridgehead atoms. The molecule has 0 fully saturated rings. The average Bonchev–Trinajstić information content (AvgIpc) is 3.00. The summed E-state index contributed by atoms with van der Waals surface area (Å²) in [6, 6.07) is 26.0. The fourth-order valence-corrected chi connectivity index (χ4v) is 4.37. The predicted octanol–water partition coefficient (Wildman–Crippen LogP) is 3.92. The van der Waals surface area contributed by atoms with Gasteiger partial charge in [0.15, 0.2) is 0 Å². The highest BCUT2D eigenvalue weighted by Gasteiger charge is 2.23. The molecule has 0 spiro atoms. The van der Waals surface area contributed by atoms with Crippen molar-refractivity contribution in [2.24, 2.45) is 0 Å². The number of hydrogen-bond acceptors (Lipinski definition) is 7. The number of carboxylic acid groups (broad SMARTS) is 1. The Bertz CT molecular complexity index is 1630. The number of amides is 1. The molecule has 3 aromatic rings. The largest absolute Gasteiger partial charge is 0.478 e. The van der Waals surface area contributed by atoms with Gasteiger partial charge in [-0.25, -0.2) is 18.0 Å². The second kappa shape index (κ2) is 16.0. The van der Waals surface area contributed by atoms with Crippen LogP contribution in [-0.2, 0) is 29.1 Å². The van der Waals surface area contributed by atoms with Gasteiger partial charge >= 0.3 is 11.9 Å². The molecule has 0 saturated carbocycles. The zero-order valence-corrected chi connectivity index (χ0v) is 23.7. The highest BCUT2D eigenvalue weighted by atomic mass is 32.2. The predicted molar refractivity (Wildman–Crippen MR) is 158 cm³/mol. The van der Waals surface area contributed by atoms with Crippen LogP contribution in [0.1, 0.15) is 18.1 Å². The fourth-order valence-electron chi connectivity index (χ4n) is 3.25. The van der Waals surface area contributed by atoms with Gasteiger partial charge in [-0.1, -0.05) is 85.4 Å². The molecule has 3 N–H and O–H groups in total. The summed E-state index contributed by atoms with van der Waals surface area (Å²) in [5.41, 5.74) is 0.488. The van der Waals surface area contributed by atoms with Crippen LogP contribution in [0.4, 0.5) is 0 Å². The maximum Gasteiger partial charge on any atom is 0.333 e. The van der Waals surface area contributed by atoms with Gasteiger partial charge < -0.3 is 15.2 Å². The molecule has 3 rings (SSSR count). The third kappa shape index (κ3) is 9.93. The van der Waals surface area contributed by atoms with Gasteiger partial charge in [-0.15, -0.1) is 0 Å². The van der Waals surface area contributed by atoms with Gasteiger partial charge in [0, 0.05) is 11.1 Å². The maximum absolute atomic E-state index is 12.9. The molecule has 0 saturated heterocycles. The standard InChI is InChI=1S/C26H21N3O5S.C5H8O2/c27-17-23(25(30)28-18-21(26(31)32)16-19-10-4-1-5-11-19)24(20-12-6-2-7-13-20)29-35(33,34)22-14-8-3-9-15-22;1-4(2)5(6)7-3/h1-16,29H,18H2,(H,28,30)(H,31,32);1H2,2-3H3. The van der Waals surface area contributed by atoms with Gasteiger partial charge in [-0.05, 0) is 30.7 Å². The van der Waals surface area contributed by atoms with E-state index in [4.69, 9.17) is 0 Å². The Hall–Kier alpha value is -5.47. The Labute approximate surface area is 244 Å². The highest BCUT2D eigenvalue weighted by molar-refractivity contribution is 7.89. The van der Waals surface area contributed by atoms with Gasteiger partial charge in [0.2, 0.25) is 0 Å². The zero-order chi connectivity index (χ0) is 31.1. The van der Waals surface area contributed by atoms with E-state index in [9.17, 15) is 33.2 Å². The van der Waals surface area contributed by atoms with Gasteiger partial charge in [0.05, 0.1) is 29.8 Å². The second-order valence-corrected chi connectivity index (χ2v) is 10.2. The molecule has 1 amide bonds. The van der Waals surface area contributed by atoms with E-state index in [2.05, 4.69) is 21.4 Å². The Morgan fingerprint density at radius 1 is 0.952 bits per heavy atom. The lowest BCUT2D eigenvalue weighted by molar-refractivity contribution is -0.136. The topological polar surface area (TPSA) is 163 Å². The molecule has 0 unspecified atom stereocenters. The highest BCUT2D eigenvalue weighted by Crippen LogP contribution is 2.20. The molecule has 0 heterocycles. The Morgan fingerprint density at radius 2 is 1.48 bits per heavy atom. The van der Waals surface area contributed by atoms with E-state index in [0.717, 1.165) is 0 Å². The maximum atomic E-state index is 12.9. The van der Waals surface area contributed by atoms with Crippen LogP contribution < -0.4 is 10.0 Å². The molecule has 0 radical (unpaired) electrons. The van der Waals surface area contributed by atoms with Crippen molar-refractivity contribution in [1.82, 2.24) is 10.0 Å². The summed E-state index contributed by atoms with van der Waals surface area (Å²) in [5.74, 6) is -2.52. The SMILES string of the molecule is C=C(C)C(=O)OC.N#CC(C(=O)NCC(=Cc1ccccc1)C(=O)O)=C(NS(=O)(=O)c1ccccc1)c1ccccc1. The van der Waals surface area contributed by atoms with Crippen molar-refractivity contribution in [3.05, 3.63) is 125 Å². The Balaban J connectivity index is 0.000000782. The third-order valence-corrected chi connectivity index (χ3v) is 6.70. The molecule has 0 aliphatic carbocycles. The third-order valence-electron chi connectivity index (χ3n) is 5.33. The minimum atomic E-state index is -4.13. The number of benzene rings is 3. The first kappa shape index (κ1) is 32.7. The number of nitrogens with zero attached hydrogens (tertiary/aromatic N) is 1. The summed E-state index contributed by atoms with van der Waals surface area (Å²) in [6.07, 6.45) is 1.40. The molecule has 0 aromatic heterocycles. The number of aliphatic carboxylic acids is 1. The molecule has 216 valence electrons. The number of sulfonamides is 1. The molecule has 10 nitrogen and oxygen atoms in total. The van der Waals surface area contributed by atoms with E-state index in [-0.39, 0.29) is 34.2 Å². The summed E-state index contributed by atoms with van der Waals surface area (Å²) < 4.78 is 32.5. The first-order valence-electron chi connectivity index (χ1n) is 12.3. The monoisotopic (exact) mass is 587 g/mol. The Morgan fingerprint density at radius 3 is 1.93 bits per heavy atom. The lowest BCUT2D eigenvalue weighted by atomic mass is 10.1. The molecule has 42 heavy (non-hydrogen) atoms. The number of nitrogens with one attached hydrogen (secondary N) is 2. The van der Waals surface area contributed by atoms with Crippen LogP contribution in [0.15, 0.2) is 119 Å². The summed E-state index contributed by atoms with van der Waals surface area (Å²) in [6.45, 7) is 4.57. The summed E-state index contributed by atoms with van der Waals surface area (Å²) in [7, 11) is -2.80. The van der Waals surface area contributed by atoms with Gasteiger partial charge in [0.25, 0.3) is 15.9 Å². The second-order valence-electron chi connectivity index (χ2n) is 8.49. The number of methoxy groups -OCH3 is 1. The molecule has 0 atom stereocenters. The van der Waals surface area contributed by atoms with E-state index >= 15 is 0 Å². The lowest BCUT2D eigenvalue weighted by Gasteiger charge is -2.15. The van der Waals surface area contributed by atoms with Crippen LogP contribution in [0.5, 0.6) is 0 Å². The molecular formula is C31H29N3O7S. The number of ether oxygens (including phenoxy) is 1. The van der Waals surface area contributed by atoms with Crippen molar-refractivity contribution in [1.29, 1.82) is 5.26 Å². The number of nitriles is 1. The smallest absolute Gasteiger partial charge is 0.333 e. The van der Waals surface area contributed by atoms with Crippen LogP contribution in [0.25, 0.3) is 11.8 Å². The normalized spacial score (nSPS) is 11.4. The van der Waals surface area contributed by atoms with Crippen molar-refractivity contribution in [3.8, 4) is 6.07 Å². The molecule has 0 aliphatic heterocycles. The van der Waals surface area contributed by atoms with Crippen molar-refractivity contribution in [3.63, 3.8) is 0 Å². The van der Waals surface area contributed by atoms with E-state index < -0.39 is 27.5 Å². The average molecular weight is 588 g/mol. The molecular weight excluding hydrogens is 558 g/mol. The number of carbonyl (C=O) groups is 3. The summed E-state index contributed by atoms with van der Waals surface area (Å²) in [5, 5.41) is 21.7. The number of rotatable bonds is 10. The van der Waals surface area contributed by atoms with E-state index in [1.807, 2.05) is 0 Å². The van der Waals surface area contributed by atoms with Gasteiger partial charge in [0.1, 0.15) is 11.6 Å². The lowest BCUT2D eigenvalue weighted by Crippen LogP contribution is -2.32. The van der Waals surface area contributed by atoms with E-state index in [1.165, 1.54) is 25.3 Å². The summed E-state index contributed by atoms with van der Waals surface area (Å²) >= 11 is 0. The van der Waals surface area contributed by atoms with Crippen LogP contribution >= 0.6 is 0 Å². The van der Waals surface area contributed by atoms with Crippen LogP contribution in [-0.4, -0.2) is 45.0 Å². The number of carbonyl (C=O) groups excluding carboxylic acids is 2. The number of esters is 1. The minimum Gasteiger partial charge on any atom is -0.478 e. The van der Waals surface area contributed by atoms with Gasteiger partial charge in [-0.2, -0.15) is 5.26 Å². The summed E-state index contributed by atoms with van der Waals surface area (Å²) in [4.78, 5) is 34.8. The quantitative estimate of drug-likeness (QED) is 0.183. The number of hydrogen-bond donors (Lipinski definition) is 3. The van der Waals surface area contributed by atoms with Crippen molar-refractivity contribution < 1.29 is 32.6 Å². The van der Waals surface area contributed by atoms with E-state index in [0.29, 0.717) is 11.1 Å². The molecule has 11 heteroatoms. The van der Waals surface area contributed by atoms with Gasteiger partial charge in [-0.3, -0.25) is 9.52 Å². The van der Waals surface area contributed by atoms with Crippen LogP contribution in [0.2, 0.25) is 0 Å². The van der Waals surface area contributed by atoms with Crippen LogP contribution in [0, 0.1) is 11.3 Å². The zero-order valence-electron chi connectivity index (χ0n) is 22.9. The number of carboxylic acids is 1. The first-order chi connectivity index (χ1) is 20.0. The molecule has 3 aromatic carbocycles. The van der Waals surface area contributed by atoms with Crippen molar-refractivity contribution >= 4 is 39.6 Å². The van der Waals surface area contributed by atoms with Crippen molar-refractivity contribution in [2.75, 3.05) is 13.7 Å².